The number of amides is 2. The predicted octanol–water partition coefficient (Wildman–Crippen LogP) is -0.123. The molecule has 0 spiro atoms. The number of nitrogens with one attached hydrogen (secondary N) is 1. The summed E-state index contributed by atoms with van der Waals surface area (Å²) >= 11 is 0. The van der Waals surface area contributed by atoms with Crippen LogP contribution >= 0.6 is 0 Å². The van der Waals surface area contributed by atoms with Crippen molar-refractivity contribution >= 4 is 29.7 Å². The van der Waals surface area contributed by atoms with Crippen LogP contribution in [0, 0.1) is 5.82 Å². The van der Waals surface area contributed by atoms with Gasteiger partial charge in [0.25, 0.3) is 0 Å². The number of rotatable bonds is 6. The maximum Gasteiger partial charge on any atom is 0.414 e. The van der Waals surface area contributed by atoms with Gasteiger partial charge in [0.1, 0.15) is 12.6 Å². The number of nitrogens with two attached hydrogens (primary N) is 2. The molecule has 0 saturated carbocycles. The Balaban J connectivity index is 2.14. The van der Waals surface area contributed by atoms with Crippen molar-refractivity contribution in [2.45, 2.75) is 13.0 Å². The molecule has 0 bridgehead atoms. The number of anilines is 1. The van der Waals surface area contributed by atoms with Gasteiger partial charge in [-0.05, 0) is 12.1 Å². The second-order valence-corrected chi connectivity index (χ2v) is 5.32. The van der Waals surface area contributed by atoms with Gasteiger partial charge in [-0.3, -0.25) is 15.4 Å². The predicted molar refractivity (Wildman–Crippen MR) is 86.8 cm³/mol. The molecule has 0 unspecified atom stereocenters. The molecular formula is C15H21FN5O3+. The van der Waals surface area contributed by atoms with Crippen LogP contribution in [0.3, 0.4) is 0 Å². The van der Waals surface area contributed by atoms with Gasteiger partial charge < -0.3 is 15.8 Å². The van der Waals surface area contributed by atoms with Gasteiger partial charge in [0.2, 0.25) is 12.2 Å². The van der Waals surface area contributed by atoms with Crippen LogP contribution in [0.4, 0.5) is 20.6 Å². The van der Waals surface area contributed by atoms with Crippen molar-refractivity contribution in [2.24, 2.45) is 11.5 Å². The van der Waals surface area contributed by atoms with Gasteiger partial charge in [-0.15, -0.1) is 0 Å². The summed E-state index contributed by atoms with van der Waals surface area (Å²) in [6.45, 7) is 2.51. The molecule has 1 heterocycles. The summed E-state index contributed by atoms with van der Waals surface area (Å²) < 4.78 is 21.0. The normalized spacial score (nSPS) is 17.8. The molecule has 130 valence electrons. The van der Waals surface area contributed by atoms with Gasteiger partial charge in [0, 0.05) is 19.5 Å². The summed E-state index contributed by atoms with van der Waals surface area (Å²) in [5.74, 6) is -0.737. The number of nitrogens with zero attached hydrogens (tertiary/aromatic N) is 2. The average Bonchev–Trinajstić information content (AvgIpc) is 2.92. The first-order valence-corrected chi connectivity index (χ1v) is 7.50. The van der Waals surface area contributed by atoms with Crippen LogP contribution in [0.25, 0.3) is 0 Å². The monoisotopic (exact) mass is 338 g/mol. The summed E-state index contributed by atoms with van der Waals surface area (Å²) in [6.07, 6.45) is 0.190. The summed E-state index contributed by atoms with van der Waals surface area (Å²) in [7, 11) is 0. The lowest BCUT2D eigenvalue weighted by molar-refractivity contribution is -0.435. The first-order chi connectivity index (χ1) is 11.5. The zero-order chi connectivity index (χ0) is 17.7. The number of benzene rings is 1. The van der Waals surface area contributed by atoms with E-state index in [1.165, 1.54) is 34.9 Å². The van der Waals surface area contributed by atoms with Gasteiger partial charge in [0.05, 0.1) is 18.8 Å². The fraction of sp³-hybridized carbons (Fsp3) is 0.400. The maximum absolute atomic E-state index is 14.3. The Kier molecular flexibility index (Phi) is 5.69. The van der Waals surface area contributed by atoms with E-state index in [2.05, 4.69) is 5.32 Å². The second-order valence-electron chi connectivity index (χ2n) is 5.32. The minimum atomic E-state index is -0.582. The van der Waals surface area contributed by atoms with Crippen molar-refractivity contribution in [1.29, 1.82) is 0 Å². The fourth-order valence-corrected chi connectivity index (χ4v) is 2.41. The van der Waals surface area contributed by atoms with Crippen molar-refractivity contribution in [2.75, 3.05) is 31.1 Å². The van der Waals surface area contributed by atoms with Gasteiger partial charge in [-0.2, -0.15) is 0 Å². The largest absolute Gasteiger partial charge is 0.442 e. The van der Waals surface area contributed by atoms with Crippen LogP contribution in [0.1, 0.15) is 6.92 Å². The van der Waals surface area contributed by atoms with E-state index in [1.807, 2.05) is 0 Å². The lowest BCUT2D eigenvalue weighted by Crippen LogP contribution is -2.33. The van der Waals surface area contributed by atoms with E-state index >= 15 is 0 Å². The molecule has 0 aromatic heterocycles. The molecular weight excluding hydrogens is 317 g/mol. The molecule has 24 heavy (non-hydrogen) atoms. The molecule has 0 radical (unpaired) electrons. The van der Waals surface area contributed by atoms with Crippen molar-refractivity contribution < 1.29 is 23.3 Å². The highest BCUT2D eigenvalue weighted by Gasteiger charge is 2.32. The van der Waals surface area contributed by atoms with Gasteiger partial charge >= 0.3 is 6.09 Å². The van der Waals surface area contributed by atoms with Crippen molar-refractivity contribution in [1.82, 2.24) is 5.32 Å². The molecule has 1 aliphatic rings. The van der Waals surface area contributed by atoms with Crippen LogP contribution < -0.4 is 21.7 Å². The van der Waals surface area contributed by atoms with E-state index in [0.717, 1.165) is 0 Å². The van der Waals surface area contributed by atoms with Crippen LogP contribution in [0.2, 0.25) is 0 Å². The zero-order valence-electron chi connectivity index (χ0n) is 13.4. The van der Waals surface area contributed by atoms with E-state index in [-0.39, 0.29) is 24.7 Å². The molecule has 1 fully saturated rings. The fourth-order valence-electron chi connectivity index (χ4n) is 2.41. The highest BCUT2D eigenvalue weighted by atomic mass is 19.1. The van der Waals surface area contributed by atoms with Crippen molar-refractivity contribution in [3.8, 4) is 0 Å². The minimum absolute atomic E-state index is 0.210. The van der Waals surface area contributed by atoms with Crippen molar-refractivity contribution in [3.63, 3.8) is 0 Å². The first kappa shape index (κ1) is 17.7. The van der Waals surface area contributed by atoms with Crippen LogP contribution in [-0.2, 0) is 9.53 Å². The molecule has 2 amide bonds. The molecule has 8 nitrogen and oxygen atoms in total. The summed E-state index contributed by atoms with van der Waals surface area (Å²) in [4.78, 5) is 24.2. The lowest BCUT2D eigenvalue weighted by Gasteiger charge is -2.14. The molecule has 1 aromatic carbocycles. The Hall–Kier alpha value is -2.68. The Bertz CT molecular complexity index is 665. The Morgan fingerprint density at radius 3 is 2.92 bits per heavy atom. The third kappa shape index (κ3) is 3.99. The highest BCUT2D eigenvalue weighted by Crippen LogP contribution is 2.27. The van der Waals surface area contributed by atoms with E-state index in [4.69, 9.17) is 16.2 Å². The number of halogens is 1. The van der Waals surface area contributed by atoms with Gasteiger partial charge in [0.15, 0.2) is 11.5 Å². The minimum Gasteiger partial charge on any atom is -0.442 e. The molecule has 1 aliphatic heterocycles. The summed E-state index contributed by atoms with van der Waals surface area (Å²) in [5, 5.41) is 2.58. The molecule has 1 atom stereocenters. The van der Waals surface area contributed by atoms with Gasteiger partial charge in [-0.1, -0.05) is 0 Å². The molecule has 9 heteroatoms. The molecule has 1 saturated heterocycles. The van der Waals surface area contributed by atoms with Crippen molar-refractivity contribution in [3.05, 3.63) is 24.0 Å². The van der Waals surface area contributed by atoms with Crippen LogP contribution in [-0.4, -0.2) is 55.2 Å². The number of carbonyl (C=O) groups excluding carboxylic acids is 2. The van der Waals surface area contributed by atoms with E-state index in [1.54, 1.807) is 6.07 Å². The topological polar surface area (TPSA) is 114 Å². The third-order valence-corrected chi connectivity index (χ3v) is 3.56. The number of hydrogen-bond acceptors (Lipinski definition) is 4. The number of cyclic esters (lactones) is 1. The van der Waals surface area contributed by atoms with Crippen LogP contribution in [0.15, 0.2) is 18.2 Å². The average molecular weight is 338 g/mol. The molecule has 2 rings (SSSR count). The van der Waals surface area contributed by atoms with E-state index < -0.39 is 18.0 Å². The standard InChI is InChI=1S/C15H20FN5O3/c1-10(22)19-7-12-8-21(15(23)24-12)11-2-3-14(13(16)6-11)20(9-18)5-4-17/h2-3,6,9,12,18H,4-5,7-8,17H2,1H3,(H,19,22)/p+1/t12-/m0/s1. The summed E-state index contributed by atoms with van der Waals surface area (Å²) in [5.41, 5.74) is 11.6. The first-order valence-electron chi connectivity index (χ1n) is 7.50. The number of ether oxygens (including phenoxy) is 1. The number of hydrogen-bond donors (Lipinski definition) is 3. The maximum atomic E-state index is 14.3. The Labute approximate surface area is 138 Å². The third-order valence-electron chi connectivity index (χ3n) is 3.56. The van der Waals surface area contributed by atoms with E-state index in [0.29, 0.717) is 18.8 Å². The lowest BCUT2D eigenvalue weighted by atomic mass is 10.2. The molecule has 0 aliphatic carbocycles. The van der Waals surface area contributed by atoms with E-state index in [9.17, 15) is 14.0 Å². The Morgan fingerprint density at radius 2 is 2.33 bits per heavy atom. The second kappa shape index (κ2) is 7.73. The summed E-state index contributed by atoms with van der Waals surface area (Å²) in [6, 6.07) is 4.37. The number of carbonyl (C=O) groups is 2. The zero-order valence-corrected chi connectivity index (χ0v) is 13.4. The highest BCUT2D eigenvalue weighted by molar-refractivity contribution is 5.90. The smallest absolute Gasteiger partial charge is 0.414 e. The quantitative estimate of drug-likeness (QED) is 0.380. The molecule has 1 aromatic rings. The molecule has 5 N–H and O–H groups in total. The SMILES string of the molecule is CC(=O)NC[C@H]1CN(c2ccc([N+](=CN)CCN)c(F)c2)C(=O)O1. The van der Waals surface area contributed by atoms with Gasteiger partial charge in [-0.25, -0.2) is 13.8 Å². The van der Waals surface area contributed by atoms with Crippen LogP contribution in [0.5, 0.6) is 0 Å². The Morgan fingerprint density at radius 1 is 1.58 bits per heavy atom.